The topological polar surface area (TPSA) is 0 Å². The molecule has 0 aromatic heterocycles. The van der Waals surface area contributed by atoms with Crippen molar-refractivity contribution in [1.29, 1.82) is 0 Å². The van der Waals surface area contributed by atoms with Crippen LogP contribution in [0.5, 0.6) is 0 Å². The summed E-state index contributed by atoms with van der Waals surface area (Å²) in [7, 11) is 0. The average molecular weight is 338 g/mol. The van der Waals surface area contributed by atoms with Gasteiger partial charge >= 0.3 is 0 Å². The lowest BCUT2D eigenvalue weighted by Crippen LogP contribution is -1.94. The third kappa shape index (κ3) is 3.80. The number of aryl methyl sites for hydroxylation is 1. The molecule has 0 heterocycles. The van der Waals surface area contributed by atoms with Crippen molar-refractivity contribution < 1.29 is 0 Å². The number of rotatable bonds is 1. The average Bonchev–Trinajstić information content (AvgIpc) is 2.75. The highest BCUT2D eigenvalue weighted by Gasteiger charge is 2.07. The second kappa shape index (κ2) is 8.19. The van der Waals surface area contributed by atoms with Crippen LogP contribution in [0.25, 0.3) is 22.4 Å². The molecule has 0 saturated carbocycles. The van der Waals surface area contributed by atoms with Gasteiger partial charge in [-0.15, -0.1) is 0 Å². The van der Waals surface area contributed by atoms with Crippen molar-refractivity contribution in [2.45, 2.75) is 38.5 Å². The maximum absolute atomic E-state index is 2.39. The first kappa shape index (κ1) is 16.8. The fraction of sp³-hybridized carbons (Fsp3) is 0.231. The van der Waals surface area contributed by atoms with Crippen molar-refractivity contribution in [2.24, 2.45) is 0 Å². The van der Waals surface area contributed by atoms with E-state index in [-0.39, 0.29) is 0 Å². The predicted molar refractivity (Wildman–Crippen MR) is 114 cm³/mol. The van der Waals surface area contributed by atoms with Gasteiger partial charge in [-0.2, -0.15) is 0 Å². The standard InChI is InChI=1S/C14H12.C12H14/c1-3-7-13-11(5-1)9-10-12-6-2-4-8-14(12)13;1-3-7-11(8-4-1)12-9-5-2-6-10-12/h1,3-5,7-10H,2,6H2;1,3-4,7-9H,2,5-6,10H2. The van der Waals surface area contributed by atoms with Gasteiger partial charge in [0.05, 0.1) is 0 Å². The molecule has 0 unspecified atom stereocenters. The minimum absolute atomic E-state index is 1.19. The molecule has 3 aromatic carbocycles. The van der Waals surface area contributed by atoms with Gasteiger partial charge in [0, 0.05) is 0 Å². The van der Waals surface area contributed by atoms with Gasteiger partial charge in [-0.05, 0) is 71.6 Å². The van der Waals surface area contributed by atoms with E-state index in [2.05, 4.69) is 85.0 Å². The number of fused-ring (bicyclic) bond motifs is 3. The number of allylic oxidation sites excluding steroid dienone is 3. The number of benzene rings is 3. The second-order valence-electron chi connectivity index (χ2n) is 7.14. The molecule has 0 amide bonds. The van der Waals surface area contributed by atoms with Crippen LogP contribution in [0.1, 0.15) is 48.8 Å². The zero-order valence-electron chi connectivity index (χ0n) is 15.3. The Bertz CT molecular complexity index is 929. The summed E-state index contributed by atoms with van der Waals surface area (Å²) in [6, 6.07) is 23.8. The second-order valence-corrected chi connectivity index (χ2v) is 7.14. The van der Waals surface area contributed by atoms with Crippen molar-refractivity contribution in [1.82, 2.24) is 0 Å². The highest BCUT2D eigenvalue weighted by atomic mass is 14.1. The molecule has 0 N–H and O–H groups in total. The third-order valence-corrected chi connectivity index (χ3v) is 5.36. The van der Waals surface area contributed by atoms with Gasteiger partial charge in [0.2, 0.25) is 0 Å². The normalized spacial score (nSPS) is 15.6. The molecule has 0 aliphatic heterocycles. The van der Waals surface area contributed by atoms with Crippen molar-refractivity contribution >= 4 is 22.4 Å². The van der Waals surface area contributed by atoms with Gasteiger partial charge in [0.15, 0.2) is 0 Å². The van der Waals surface area contributed by atoms with Gasteiger partial charge < -0.3 is 0 Å². The van der Waals surface area contributed by atoms with E-state index < -0.39 is 0 Å². The Balaban J connectivity index is 0.000000131. The molecule has 0 fully saturated rings. The fourth-order valence-corrected chi connectivity index (χ4v) is 3.95. The van der Waals surface area contributed by atoms with Gasteiger partial charge in [-0.3, -0.25) is 0 Å². The minimum atomic E-state index is 1.19. The molecule has 0 nitrogen and oxygen atoms in total. The summed E-state index contributed by atoms with van der Waals surface area (Å²) in [5.41, 5.74) is 5.87. The van der Waals surface area contributed by atoms with E-state index in [0.717, 1.165) is 0 Å². The summed E-state index contributed by atoms with van der Waals surface area (Å²) in [5, 5.41) is 2.73. The summed E-state index contributed by atoms with van der Waals surface area (Å²) >= 11 is 0. The first-order valence-electron chi connectivity index (χ1n) is 9.83. The Hall–Kier alpha value is -2.60. The lowest BCUT2D eigenvalue weighted by atomic mass is 9.92. The molecule has 0 radical (unpaired) electrons. The molecule has 26 heavy (non-hydrogen) atoms. The zero-order valence-corrected chi connectivity index (χ0v) is 15.3. The van der Waals surface area contributed by atoms with Crippen molar-refractivity contribution in [2.75, 3.05) is 0 Å². The Labute approximate surface area is 156 Å². The van der Waals surface area contributed by atoms with Gasteiger partial charge in [0.25, 0.3) is 0 Å². The molecule has 0 bridgehead atoms. The van der Waals surface area contributed by atoms with Crippen LogP contribution in [0, 0.1) is 0 Å². The molecule has 3 aromatic rings. The smallest absolute Gasteiger partial charge is 0.0109 e. The Kier molecular flexibility index (Phi) is 5.30. The molecule has 0 heteroatoms. The highest BCUT2D eigenvalue weighted by Crippen LogP contribution is 2.28. The van der Waals surface area contributed by atoms with Crippen LogP contribution in [0.2, 0.25) is 0 Å². The summed E-state index contributed by atoms with van der Waals surface area (Å²) < 4.78 is 0. The van der Waals surface area contributed by atoms with Gasteiger partial charge in [0.1, 0.15) is 0 Å². The van der Waals surface area contributed by atoms with Crippen molar-refractivity contribution in [3.8, 4) is 0 Å². The lowest BCUT2D eigenvalue weighted by molar-refractivity contribution is 0.742. The predicted octanol–water partition coefficient (Wildman–Crippen LogP) is 7.44. The van der Waals surface area contributed by atoms with E-state index in [1.165, 1.54) is 66.0 Å². The van der Waals surface area contributed by atoms with Crippen LogP contribution in [0.3, 0.4) is 0 Å². The Morgan fingerprint density at radius 1 is 0.654 bits per heavy atom. The molecule has 0 saturated heterocycles. The van der Waals surface area contributed by atoms with Crippen LogP contribution in [0.15, 0.2) is 78.9 Å². The van der Waals surface area contributed by atoms with E-state index in [0.29, 0.717) is 0 Å². The highest BCUT2D eigenvalue weighted by molar-refractivity contribution is 5.92. The molecule has 0 atom stereocenters. The molecular weight excluding hydrogens is 312 g/mol. The molecule has 0 spiro atoms. The van der Waals surface area contributed by atoms with Crippen LogP contribution < -0.4 is 0 Å². The monoisotopic (exact) mass is 338 g/mol. The largest absolute Gasteiger partial charge is 0.0836 e. The molecule has 130 valence electrons. The zero-order chi connectivity index (χ0) is 17.6. The van der Waals surface area contributed by atoms with E-state index in [1.54, 1.807) is 5.57 Å². The van der Waals surface area contributed by atoms with Crippen LogP contribution in [0.4, 0.5) is 0 Å². The third-order valence-electron chi connectivity index (χ3n) is 5.36. The lowest BCUT2D eigenvalue weighted by Gasteiger charge is -2.12. The first-order valence-corrected chi connectivity index (χ1v) is 9.83. The fourth-order valence-electron chi connectivity index (χ4n) is 3.95. The summed E-state index contributed by atoms with van der Waals surface area (Å²) in [6.07, 6.45) is 14.6. The quantitative estimate of drug-likeness (QED) is 0.432. The maximum Gasteiger partial charge on any atom is -0.0109 e. The molecule has 2 aliphatic rings. The van der Waals surface area contributed by atoms with E-state index in [4.69, 9.17) is 0 Å². The summed E-state index contributed by atoms with van der Waals surface area (Å²) in [5.74, 6) is 0. The van der Waals surface area contributed by atoms with E-state index in [1.807, 2.05) is 0 Å². The first-order chi connectivity index (χ1) is 12.9. The van der Waals surface area contributed by atoms with E-state index in [9.17, 15) is 0 Å². The summed E-state index contributed by atoms with van der Waals surface area (Å²) in [6.45, 7) is 0. The Morgan fingerprint density at radius 3 is 2.35 bits per heavy atom. The van der Waals surface area contributed by atoms with Gasteiger partial charge in [-0.25, -0.2) is 0 Å². The van der Waals surface area contributed by atoms with Crippen molar-refractivity contribution in [3.05, 3.63) is 95.6 Å². The van der Waals surface area contributed by atoms with E-state index >= 15 is 0 Å². The van der Waals surface area contributed by atoms with Crippen LogP contribution in [-0.2, 0) is 6.42 Å². The number of hydrogen-bond donors (Lipinski definition) is 0. The summed E-state index contributed by atoms with van der Waals surface area (Å²) in [4.78, 5) is 0. The molecular formula is C26H26. The molecule has 2 aliphatic carbocycles. The maximum atomic E-state index is 2.39. The van der Waals surface area contributed by atoms with Gasteiger partial charge in [-0.1, -0.05) is 85.0 Å². The number of hydrogen-bond acceptors (Lipinski definition) is 0. The minimum Gasteiger partial charge on any atom is -0.0836 e. The SMILES string of the molecule is C1=C(c2ccccc2)CCCC1.C1=Cc2c(ccc3ccccc23)CC1. The molecule has 5 rings (SSSR count). The van der Waals surface area contributed by atoms with Crippen molar-refractivity contribution in [3.63, 3.8) is 0 Å². The van der Waals surface area contributed by atoms with Crippen LogP contribution in [-0.4, -0.2) is 0 Å². The van der Waals surface area contributed by atoms with Crippen LogP contribution >= 0.6 is 0 Å². The Morgan fingerprint density at radius 2 is 1.50 bits per heavy atom.